The number of rotatable bonds is 5. The molecule has 0 aliphatic carbocycles. The van der Waals surface area contributed by atoms with E-state index < -0.39 is 0 Å². The first-order valence-electron chi connectivity index (χ1n) is 6.53. The highest BCUT2D eigenvalue weighted by Crippen LogP contribution is 2.17. The molecule has 0 saturated heterocycles. The lowest BCUT2D eigenvalue weighted by Gasteiger charge is -2.14. The van der Waals surface area contributed by atoms with Crippen LogP contribution in [0.15, 0.2) is 48.5 Å². The molecule has 0 aliphatic rings. The van der Waals surface area contributed by atoms with Crippen LogP contribution >= 0.6 is 11.6 Å². The number of aryl methyl sites for hydroxylation is 1. The highest BCUT2D eigenvalue weighted by atomic mass is 35.5. The Hall–Kier alpha value is -1.34. The Balaban J connectivity index is 2.02. The molecular formula is C17H18ClF. The van der Waals surface area contributed by atoms with Crippen molar-refractivity contribution in [1.29, 1.82) is 0 Å². The Bertz CT molecular complexity index is 519. The zero-order chi connectivity index (χ0) is 13.7. The number of alkyl halides is 1. The molecule has 2 aromatic rings. The van der Waals surface area contributed by atoms with E-state index in [1.54, 1.807) is 12.1 Å². The average Bonchev–Trinajstić information content (AvgIpc) is 2.40. The number of halogens is 2. The Morgan fingerprint density at radius 2 is 1.68 bits per heavy atom. The first-order valence-corrected chi connectivity index (χ1v) is 7.07. The van der Waals surface area contributed by atoms with Gasteiger partial charge in [-0.1, -0.05) is 42.0 Å². The van der Waals surface area contributed by atoms with Gasteiger partial charge < -0.3 is 0 Å². The maximum Gasteiger partial charge on any atom is 0.123 e. The molecule has 2 heteroatoms. The Labute approximate surface area is 119 Å². The zero-order valence-electron chi connectivity index (χ0n) is 11.1. The molecule has 0 saturated carbocycles. The van der Waals surface area contributed by atoms with Crippen LogP contribution in [0.25, 0.3) is 0 Å². The van der Waals surface area contributed by atoms with Crippen LogP contribution in [0.2, 0.25) is 0 Å². The van der Waals surface area contributed by atoms with E-state index in [0.717, 1.165) is 18.4 Å². The van der Waals surface area contributed by atoms with E-state index in [1.165, 1.54) is 17.2 Å². The van der Waals surface area contributed by atoms with Gasteiger partial charge in [-0.3, -0.25) is 0 Å². The topological polar surface area (TPSA) is 0 Å². The number of hydrogen-bond acceptors (Lipinski definition) is 0. The predicted molar refractivity (Wildman–Crippen MR) is 79.2 cm³/mol. The van der Waals surface area contributed by atoms with Crippen molar-refractivity contribution in [1.82, 2.24) is 0 Å². The van der Waals surface area contributed by atoms with Gasteiger partial charge in [0, 0.05) is 5.88 Å². The standard InChI is InChI=1S/C17H18ClF/c1-13-5-7-14(8-6-13)9-16(12-18)10-15-3-2-4-17(19)11-15/h2-8,11,16H,9-10,12H2,1H3. The van der Waals surface area contributed by atoms with Crippen molar-refractivity contribution in [2.24, 2.45) is 5.92 Å². The molecule has 100 valence electrons. The summed E-state index contributed by atoms with van der Waals surface area (Å²) >= 11 is 6.04. The third-order valence-corrected chi connectivity index (χ3v) is 3.71. The number of benzene rings is 2. The Kier molecular flexibility index (Phi) is 4.98. The van der Waals surface area contributed by atoms with E-state index in [-0.39, 0.29) is 5.82 Å². The summed E-state index contributed by atoms with van der Waals surface area (Å²) in [5.74, 6) is 0.747. The fourth-order valence-electron chi connectivity index (χ4n) is 2.24. The summed E-state index contributed by atoms with van der Waals surface area (Å²) in [6.07, 6.45) is 1.75. The lowest BCUT2D eigenvalue weighted by Crippen LogP contribution is -2.10. The van der Waals surface area contributed by atoms with Crippen molar-refractivity contribution < 1.29 is 4.39 Å². The molecule has 19 heavy (non-hydrogen) atoms. The van der Waals surface area contributed by atoms with Gasteiger partial charge in [0.25, 0.3) is 0 Å². The molecule has 1 unspecified atom stereocenters. The van der Waals surface area contributed by atoms with Gasteiger partial charge in [-0.25, -0.2) is 4.39 Å². The highest BCUT2D eigenvalue weighted by molar-refractivity contribution is 6.18. The summed E-state index contributed by atoms with van der Waals surface area (Å²) < 4.78 is 13.2. The minimum atomic E-state index is -0.179. The summed E-state index contributed by atoms with van der Waals surface area (Å²) in [6, 6.07) is 15.3. The Morgan fingerprint density at radius 3 is 2.32 bits per heavy atom. The van der Waals surface area contributed by atoms with Gasteiger partial charge in [-0.05, 0) is 48.9 Å². The summed E-state index contributed by atoms with van der Waals surface area (Å²) in [4.78, 5) is 0. The molecule has 0 heterocycles. The maximum atomic E-state index is 13.2. The van der Waals surface area contributed by atoms with Gasteiger partial charge >= 0.3 is 0 Å². The second kappa shape index (κ2) is 6.72. The smallest absolute Gasteiger partial charge is 0.123 e. The Morgan fingerprint density at radius 1 is 1.00 bits per heavy atom. The monoisotopic (exact) mass is 276 g/mol. The van der Waals surface area contributed by atoms with Crippen LogP contribution in [0, 0.1) is 18.7 Å². The first kappa shape index (κ1) is 14.1. The summed E-state index contributed by atoms with van der Waals surface area (Å²) in [6.45, 7) is 2.08. The van der Waals surface area contributed by atoms with Gasteiger partial charge in [0.2, 0.25) is 0 Å². The van der Waals surface area contributed by atoms with Crippen LogP contribution in [0.5, 0.6) is 0 Å². The summed E-state index contributed by atoms with van der Waals surface area (Å²) in [5, 5.41) is 0. The fourth-order valence-corrected chi connectivity index (χ4v) is 2.45. The molecular weight excluding hydrogens is 259 g/mol. The lowest BCUT2D eigenvalue weighted by molar-refractivity contribution is 0.576. The second-order valence-corrected chi connectivity index (χ2v) is 5.35. The molecule has 0 N–H and O–H groups in total. The molecule has 0 nitrogen and oxygen atoms in total. The average molecular weight is 277 g/mol. The number of hydrogen-bond donors (Lipinski definition) is 0. The van der Waals surface area contributed by atoms with Crippen molar-refractivity contribution in [3.8, 4) is 0 Å². The maximum absolute atomic E-state index is 13.2. The lowest BCUT2D eigenvalue weighted by atomic mass is 9.94. The quantitative estimate of drug-likeness (QED) is 0.690. The van der Waals surface area contributed by atoms with Crippen LogP contribution in [-0.4, -0.2) is 5.88 Å². The van der Waals surface area contributed by atoms with Crippen molar-refractivity contribution in [3.63, 3.8) is 0 Å². The van der Waals surface area contributed by atoms with Crippen LogP contribution in [-0.2, 0) is 12.8 Å². The molecule has 0 amide bonds. The van der Waals surface area contributed by atoms with Crippen molar-refractivity contribution >= 4 is 11.6 Å². The zero-order valence-corrected chi connectivity index (χ0v) is 11.8. The minimum absolute atomic E-state index is 0.179. The van der Waals surface area contributed by atoms with Crippen LogP contribution in [0.3, 0.4) is 0 Å². The van der Waals surface area contributed by atoms with Crippen LogP contribution < -0.4 is 0 Å². The van der Waals surface area contributed by atoms with Crippen molar-refractivity contribution in [3.05, 3.63) is 71.0 Å². The molecule has 0 fully saturated rings. The van der Waals surface area contributed by atoms with Gasteiger partial charge in [0.1, 0.15) is 5.82 Å². The summed E-state index contributed by atoms with van der Waals surface area (Å²) in [7, 11) is 0. The van der Waals surface area contributed by atoms with Crippen molar-refractivity contribution in [2.45, 2.75) is 19.8 Å². The van der Waals surface area contributed by atoms with E-state index in [9.17, 15) is 4.39 Å². The molecule has 0 spiro atoms. The molecule has 0 radical (unpaired) electrons. The van der Waals surface area contributed by atoms with Crippen molar-refractivity contribution in [2.75, 3.05) is 5.88 Å². The van der Waals surface area contributed by atoms with E-state index in [2.05, 4.69) is 31.2 Å². The predicted octanol–water partition coefficient (Wildman–Crippen LogP) is 4.77. The van der Waals surface area contributed by atoms with E-state index >= 15 is 0 Å². The van der Waals surface area contributed by atoms with Gasteiger partial charge in [0.05, 0.1) is 0 Å². The molecule has 0 aromatic heterocycles. The largest absolute Gasteiger partial charge is 0.207 e. The molecule has 0 aliphatic heterocycles. The first-order chi connectivity index (χ1) is 9.17. The highest BCUT2D eigenvalue weighted by Gasteiger charge is 2.10. The van der Waals surface area contributed by atoms with Crippen LogP contribution in [0.1, 0.15) is 16.7 Å². The molecule has 2 rings (SSSR count). The molecule has 2 aromatic carbocycles. The molecule has 0 bridgehead atoms. The normalized spacial score (nSPS) is 12.4. The minimum Gasteiger partial charge on any atom is -0.207 e. The third-order valence-electron chi connectivity index (χ3n) is 3.28. The van der Waals surface area contributed by atoms with Gasteiger partial charge in [-0.2, -0.15) is 0 Å². The fraction of sp³-hybridized carbons (Fsp3) is 0.294. The van der Waals surface area contributed by atoms with E-state index in [0.29, 0.717) is 11.8 Å². The van der Waals surface area contributed by atoms with Gasteiger partial charge in [-0.15, -0.1) is 11.6 Å². The SMILES string of the molecule is Cc1ccc(CC(CCl)Cc2cccc(F)c2)cc1. The van der Waals surface area contributed by atoms with E-state index in [1.807, 2.05) is 6.07 Å². The summed E-state index contributed by atoms with van der Waals surface area (Å²) in [5.41, 5.74) is 3.56. The third kappa shape index (κ3) is 4.36. The van der Waals surface area contributed by atoms with E-state index in [4.69, 9.17) is 11.6 Å². The second-order valence-electron chi connectivity index (χ2n) is 5.04. The molecule has 1 atom stereocenters. The van der Waals surface area contributed by atoms with Crippen LogP contribution in [0.4, 0.5) is 4.39 Å². The van der Waals surface area contributed by atoms with Gasteiger partial charge in [0.15, 0.2) is 0 Å².